The first kappa shape index (κ1) is 30.3. The second-order valence-electron chi connectivity index (χ2n) is 10.5. The van der Waals surface area contributed by atoms with Gasteiger partial charge in [-0.3, -0.25) is 9.59 Å². The fourth-order valence-corrected chi connectivity index (χ4v) is 5.58. The molecule has 2 aliphatic rings. The monoisotopic (exact) mass is 602 g/mol. The molecule has 5 rings (SSSR count). The maximum absolute atomic E-state index is 13.3. The van der Waals surface area contributed by atoms with Gasteiger partial charge in [0.15, 0.2) is 34.5 Å². The van der Waals surface area contributed by atoms with Crippen LogP contribution < -0.4 is 18.9 Å². The third-order valence-electron chi connectivity index (χ3n) is 7.91. The molecule has 0 saturated heterocycles. The molecule has 0 radical (unpaired) electrons. The SMILES string of the molecule is COC1=CC(=O)C(C(CCc2ccc(O)c(OC)c2)c2cc(CCCc3cc4c(cc3O)OCO4)c(O)cc2OC)=CC1=O. The number of carbonyl (C=O) groups is 2. The van der Waals surface area contributed by atoms with E-state index in [1.54, 1.807) is 24.3 Å². The largest absolute Gasteiger partial charge is 0.508 e. The van der Waals surface area contributed by atoms with E-state index in [-0.39, 0.29) is 41.2 Å². The van der Waals surface area contributed by atoms with Gasteiger partial charge in [-0.05, 0) is 79.1 Å². The zero-order valence-electron chi connectivity index (χ0n) is 24.7. The minimum absolute atomic E-state index is 0.0136. The minimum Gasteiger partial charge on any atom is -0.508 e. The number of ketones is 2. The number of fused-ring (bicyclic) bond motifs is 1. The first-order chi connectivity index (χ1) is 21.2. The van der Waals surface area contributed by atoms with E-state index in [0.717, 1.165) is 5.56 Å². The normalized spacial score (nSPS) is 14.6. The maximum Gasteiger partial charge on any atom is 0.231 e. The number of allylic oxidation sites excluding steroid dienone is 3. The number of aryl methyl sites for hydroxylation is 3. The van der Waals surface area contributed by atoms with Crippen molar-refractivity contribution in [3.8, 4) is 40.2 Å². The van der Waals surface area contributed by atoms with Crippen LogP contribution in [0.15, 0.2) is 65.9 Å². The van der Waals surface area contributed by atoms with Crippen LogP contribution in [0.4, 0.5) is 0 Å². The summed E-state index contributed by atoms with van der Waals surface area (Å²) in [5, 5.41) is 31.4. The van der Waals surface area contributed by atoms with Crippen molar-refractivity contribution < 1.29 is 48.6 Å². The van der Waals surface area contributed by atoms with E-state index in [9.17, 15) is 24.9 Å². The highest BCUT2D eigenvalue weighted by Crippen LogP contribution is 2.42. The molecule has 0 amide bonds. The van der Waals surface area contributed by atoms with Crippen molar-refractivity contribution in [1.29, 1.82) is 0 Å². The molecule has 0 fully saturated rings. The van der Waals surface area contributed by atoms with Gasteiger partial charge in [0.1, 0.15) is 17.2 Å². The number of methoxy groups -OCH3 is 3. The van der Waals surface area contributed by atoms with Gasteiger partial charge in [-0.2, -0.15) is 0 Å². The Hall–Kier alpha value is -5.12. The molecule has 10 heteroatoms. The Bertz CT molecular complexity index is 1650. The summed E-state index contributed by atoms with van der Waals surface area (Å²) in [5.74, 6) is 0.539. The zero-order valence-corrected chi connectivity index (χ0v) is 24.7. The van der Waals surface area contributed by atoms with E-state index in [1.165, 1.54) is 45.6 Å². The third kappa shape index (κ3) is 6.29. The summed E-state index contributed by atoms with van der Waals surface area (Å²) < 4.78 is 26.7. The van der Waals surface area contributed by atoms with E-state index in [2.05, 4.69) is 0 Å². The Balaban J connectivity index is 1.45. The van der Waals surface area contributed by atoms with Gasteiger partial charge < -0.3 is 39.0 Å². The molecular weight excluding hydrogens is 568 g/mol. The van der Waals surface area contributed by atoms with Crippen LogP contribution in [0, 0.1) is 0 Å². The molecule has 0 bridgehead atoms. The molecule has 230 valence electrons. The van der Waals surface area contributed by atoms with Crippen molar-refractivity contribution in [3.05, 3.63) is 88.2 Å². The van der Waals surface area contributed by atoms with Crippen molar-refractivity contribution in [3.63, 3.8) is 0 Å². The van der Waals surface area contributed by atoms with E-state index in [4.69, 9.17) is 23.7 Å². The number of carbonyl (C=O) groups excluding carboxylic acids is 2. The topological polar surface area (TPSA) is 141 Å². The van der Waals surface area contributed by atoms with Gasteiger partial charge in [-0.25, -0.2) is 0 Å². The van der Waals surface area contributed by atoms with Crippen molar-refractivity contribution in [2.75, 3.05) is 28.1 Å². The summed E-state index contributed by atoms with van der Waals surface area (Å²) in [5.41, 5.74) is 3.09. The van der Waals surface area contributed by atoms with E-state index in [0.29, 0.717) is 71.8 Å². The van der Waals surface area contributed by atoms with Crippen LogP contribution in [-0.4, -0.2) is 55.0 Å². The second kappa shape index (κ2) is 13.0. The molecule has 1 unspecified atom stereocenters. The van der Waals surface area contributed by atoms with Gasteiger partial charge in [0.25, 0.3) is 0 Å². The molecule has 0 saturated carbocycles. The predicted molar refractivity (Wildman–Crippen MR) is 160 cm³/mol. The van der Waals surface area contributed by atoms with Crippen LogP contribution in [0.25, 0.3) is 0 Å². The number of phenols is 3. The maximum atomic E-state index is 13.3. The van der Waals surface area contributed by atoms with Crippen molar-refractivity contribution in [2.45, 2.75) is 38.0 Å². The number of benzene rings is 3. The van der Waals surface area contributed by atoms with Crippen LogP contribution in [0.5, 0.6) is 40.2 Å². The van der Waals surface area contributed by atoms with Crippen molar-refractivity contribution >= 4 is 11.6 Å². The number of hydrogen-bond acceptors (Lipinski definition) is 10. The van der Waals surface area contributed by atoms with Crippen LogP contribution in [0.3, 0.4) is 0 Å². The molecular formula is C34H34O10. The summed E-state index contributed by atoms with van der Waals surface area (Å²) in [6.07, 6.45) is 4.93. The fourth-order valence-electron chi connectivity index (χ4n) is 5.58. The lowest BCUT2D eigenvalue weighted by atomic mass is 9.80. The molecule has 3 aromatic carbocycles. The molecule has 3 aromatic rings. The lowest BCUT2D eigenvalue weighted by Gasteiger charge is -2.25. The highest BCUT2D eigenvalue weighted by molar-refractivity contribution is 6.19. The van der Waals surface area contributed by atoms with E-state index >= 15 is 0 Å². The summed E-state index contributed by atoms with van der Waals surface area (Å²) in [6, 6.07) is 11.7. The Kier molecular flexibility index (Phi) is 8.99. The number of hydrogen-bond donors (Lipinski definition) is 3. The second-order valence-corrected chi connectivity index (χ2v) is 10.5. The highest BCUT2D eigenvalue weighted by Gasteiger charge is 2.30. The lowest BCUT2D eigenvalue weighted by molar-refractivity contribution is -0.117. The molecule has 1 aliphatic heterocycles. The van der Waals surface area contributed by atoms with Crippen molar-refractivity contribution in [2.24, 2.45) is 0 Å². The number of aromatic hydroxyl groups is 3. The number of rotatable bonds is 12. The van der Waals surface area contributed by atoms with Crippen LogP contribution in [-0.2, 0) is 33.6 Å². The van der Waals surface area contributed by atoms with Crippen LogP contribution in [0.2, 0.25) is 0 Å². The Labute approximate surface area is 254 Å². The van der Waals surface area contributed by atoms with E-state index < -0.39 is 11.7 Å². The minimum atomic E-state index is -0.576. The lowest BCUT2D eigenvalue weighted by Crippen LogP contribution is -2.20. The molecule has 0 spiro atoms. The molecule has 1 aliphatic carbocycles. The average Bonchev–Trinajstić information content (AvgIpc) is 3.47. The van der Waals surface area contributed by atoms with Crippen LogP contribution in [0.1, 0.15) is 41.0 Å². The molecule has 1 heterocycles. The van der Waals surface area contributed by atoms with Crippen LogP contribution >= 0.6 is 0 Å². The Morgan fingerprint density at radius 2 is 1.41 bits per heavy atom. The first-order valence-electron chi connectivity index (χ1n) is 14.2. The van der Waals surface area contributed by atoms with Gasteiger partial charge in [-0.15, -0.1) is 0 Å². The number of ether oxygens (including phenoxy) is 5. The Morgan fingerprint density at radius 1 is 0.727 bits per heavy atom. The van der Waals surface area contributed by atoms with Gasteiger partial charge in [0.05, 0.1) is 21.3 Å². The summed E-state index contributed by atoms with van der Waals surface area (Å²) in [4.78, 5) is 26.1. The standard InChI is InChI=1S/C34H34O10/c1-40-30-15-26(36)20(5-4-6-21-13-33-34(16-27(21)37)44-18-43-33)12-24(30)22(23-14-29(39)32(42-3)17-28(23)38)9-7-19-8-10-25(35)31(11-19)41-2/h8,10-17,22,35-37H,4-7,9,18H2,1-3H3. The average molecular weight is 603 g/mol. The molecule has 3 N–H and O–H groups in total. The highest BCUT2D eigenvalue weighted by atomic mass is 16.7. The molecule has 0 aromatic heterocycles. The molecule has 44 heavy (non-hydrogen) atoms. The molecule has 10 nitrogen and oxygen atoms in total. The van der Waals surface area contributed by atoms with Crippen molar-refractivity contribution in [1.82, 2.24) is 0 Å². The first-order valence-corrected chi connectivity index (χ1v) is 14.2. The zero-order chi connectivity index (χ0) is 31.4. The Morgan fingerprint density at radius 3 is 2.11 bits per heavy atom. The summed E-state index contributed by atoms with van der Waals surface area (Å²) in [7, 11) is 4.28. The summed E-state index contributed by atoms with van der Waals surface area (Å²) >= 11 is 0. The predicted octanol–water partition coefficient (Wildman–Crippen LogP) is 5.05. The van der Waals surface area contributed by atoms with E-state index in [1.807, 2.05) is 6.07 Å². The fraction of sp³-hybridized carbons (Fsp3) is 0.294. The van der Waals surface area contributed by atoms with Gasteiger partial charge in [-0.1, -0.05) is 6.07 Å². The number of phenolic OH excluding ortho intramolecular Hbond substituents is 3. The summed E-state index contributed by atoms with van der Waals surface area (Å²) in [6.45, 7) is 0.106. The third-order valence-corrected chi connectivity index (χ3v) is 7.91. The quantitative estimate of drug-likeness (QED) is 0.241. The smallest absolute Gasteiger partial charge is 0.231 e. The van der Waals surface area contributed by atoms with Gasteiger partial charge in [0, 0.05) is 35.3 Å². The van der Waals surface area contributed by atoms with Gasteiger partial charge in [0.2, 0.25) is 12.6 Å². The molecule has 1 atom stereocenters. The van der Waals surface area contributed by atoms with Gasteiger partial charge >= 0.3 is 0 Å².